The van der Waals surface area contributed by atoms with Crippen molar-refractivity contribution in [3.63, 3.8) is 0 Å². The maximum absolute atomic E-state index is 12.6. The average Bonchev–Trinajstić information content (AvgIpc) is 2.62. The Bertz CT molecular complexity index is 792. The van der Waals surface area contributed by atoms with Crippen LogP contribution in [0.1, 0.15) is 27.0 Å². The molecule has 0 aliphatic carbocycles. The highest BCUT2D eigenvalue weighted by Gasteiger charge is 2.24. The van der Waals surface area contributed by atoms with Crippen LogP contribution < -0.4 is 10.6 Å². The molecule has 2 N–H and O–H groups in total. The van der Waals surface area contributed by atoms with Gasteiger partial charge in [-0.05, 0) is 42.2 Å². The fraction of sp³-hybridized carbons (Fsp3) is 0.263. The molecule has 3 rings (SSSR count). The molecule has 0 radical (unpaired) electrons. The fourth-order valence-electron chi connectivity index (χ4n) is 2.86. The van der Waals surface area contributed by atoms with Gasteiger partial charge in [0, 0.05) is 12.2 Å². The number of ether oxygens (including phenoxy) is 1. The Morgan fingerprint density at radius 2 is 1.88 bits per heavy atom. The van der Waals surface area contributed by atoms with Crippen LogP contribution in [0.3, 0.4) is 0 Å². The Kier molecular flexibility index (Phi) is 6.17. The first-order valence-corrected chi connectivity index (χ1v) is 7.88. The summed E-state index contributed by atoms with van der Waals surface area (Å²) in [6.45, 7) is 2.57. The Morgan fingerprint density at radius 3 is 2.60 bits per heavy atom. The first-order chi connectivity index (χ1) is 11.6. The lowest BCUT2D eigenvalue weighted by molar-refractivity contribution is -0.118. The van der Waals surface area contributed by atoms with Crippen LogP contribution in [0, 0.1) is 6.92 Å². The molecule has 132 valence electrons. The van der Waals surface area contributed by atoms with E-state index in [9.17, 15) is 9.59 Å². The number of hydrogen-bond acceptors (Lipinski definition) is 4. The van der Waals surface area contributed by atoms with Crippen molar-refractivity contribution < 1.29 is 14.3 Å². The summed E-state index contributed by atoms with van der Waals surface area (Å²) in [4.78, 5) is 24.2. The number of esters is 1. The van der Waals surface area contributed by atoms with E-state index in [0.717, 1.165) is 5.56 Å². The second kappa shape index (κ2) is 8.14. The summed E-state index contributed by atoms with van der Waals surface area (Å²) in [5.41, 5.74) is 4.36. The molecule has 0 aromatic heterocycles. The molecule has 2 aromatic carbocycles. The summed E-state index contributed by atoms with van der Waals surface area (Å²) in [6.07, 6.45) is 0.651. The number of methoxy groups -OCH3 is 1. The van der Waals surface area contributed by atoms with Crippen LogP contribution in [0.15, 0.2) is 42.5 Å². The van der Waals surface area contributed by atoms with Gasteiger partial charge >= 0.3 is 5.97 Å². The van der Waals surface area contributed by atoms with E-state index in [-0.39, 0.29) is 24.4 Å². The van der Waals surface area contributed by atoms with Gasteiger partial charge in [-0.3, -0.25) is 4.79 Å². The summed E-state index contributed by atoms with van der Waals surface area (Å²) in [7, 11) is 1.34. The molecule has 25 heavy (non-hydrogen) atoms. The second-order valence-electron chi connectivity index (χ2n) is 5.92. The molecule has 1 unspecified atom stereocenters. The van der Waals surface area contributed by atoms with Gasteiger partial charge < -0.3 is 15.4 Å². The molecule has 0 saturated heterocycles. The van der Waals surface area contributed by atoms with Gasteiger partial charge in [-0.1, -0.05) is 30.3 Å². The van der Waals surface area contributed by atoms with Crippen LogP contribution in [0.5, 0.6) is 0 Å². The number of rotatable bonds is 3. The minimum absolute atomic E-state index is 0. The molecule has 1 atom stereocenters. The van der Waals surface area contributed by atoms with Crippen molar-refractivity contribution in [2.75, 3.05) is 12.4 Å². The van der Waals surface area contributed by atoms with Gasteiger partial charge in [-0.15, -0.1) is 12.4 Å². The third-order valence-electron chi connectivity index (χ3n) is 4.31. The molecule has 0 fully saturated rings. The molecule has 5 nitrogen and oxygen atoms in total. The number of aryl methyl sites for hydroxylation is 1. The Balaban J connectivity index is 0.00000225. The molecular weight excluding hydrogens is 340 g/mol. The van der Waals surface area contributed by atoms with Crippen molar-refractivity contribution in [2.24, 2.45) is 0 Å². The lowest BCUT2D eigenvalue weighted by Crippen LogP contribution is -2.44. The number of amides is 1. The van der Waals surface area contributed by atoms with Crippen molar-refractivity contribution in [3.05, 3.63) is 64.7 Å². The van der Waals surface area contributed by atoms with Crippen molar-refractivity contribution in [1.82, 2.24) is 5.32 Å². The lowest BCUT2D eigenvalue weighted by atomic mass is 9.95. The highest BCUT2D eigenvalue weighted by atomic mass is 35.5. The summed E-state index contributed by atoms with van der Waals surface area (Å²) in [6, 6.07) is 13.0. The zero-order valence-electron chi connectivity index (χ0n) is 14.2. The van der Waals surface area contributed by atoms with E-state index >= 15 is 0 Å². The number of carbonyl (C=O) groups excluding carboxylic acids is 2. The Hall–Kier alpha value is -2.37. The monoisotopic (exact) mass is 360 g/mol. The summed E-state index contributed by atoms with van der Waals surface area (Å²) >= 11 is 0. The summed E-state index contributed by atoms with van der Waals surface area (Å²) < 4.78 is 4.73. The zero-order chi connectivity index (χ0) is 17.1. The number of nitrogens with one attached hydrogen (secondary N) is 2. The molecule has 1 aliphatic rings. The van der Waals surface area contributed by atoms with E-state index in [1.807, 2.05) is 19.1 Å². The highest BCUT2D eigenvalue weighted by molar-refractivity contribution is 5.98. The van der Waals surface area contributed by atoms with Gasteiger partial charge in [0.15, 0.2) is 0 Å². The number of anilines is 1. The predicted octanol–water partition coefficient (Wildman–Crippen LogP) is 2.86. The number of benzene rings is 2. The van der Waals surface area contributed by atoms with E-state index in [1.165, 1.54) is 18.2 Å². The molecule has 0 spiro atoms. The van der Waals surface area contributed by atoms with Gasteiger partial charge in [-0.2, -0.15) is 0 Å². The van der Waals surface area contributed by atoms with E-state index < -0.39 is 5.97 Å². The van der Waals surface area contributed by atoms with Crippen LogP contribution >= 0.6 is 12.4 Å². The topological polar surface area (TPSA) is 67.4 Å². The average molecular weight is 361 g/mol. The fourth-order valence-corrected chi connectivity index (χ4v) is 2.86. The second-order valence-corrected chi connectivity index (χ2v) is 5.92. The highest BCUT2D eigenvalue weighted by Crippen LogP contribution is 2.20. The Labute approximate surface area is 153 Å². The SMILES string of the molecule is COC(=O)c1ccc(C)c(NC(=O)C2Cc3ccccc3CN2)c1.Cl. The summed E-state index contributed by atoms with van der Waals surface area (Å²) in [5, 5.41) is 6.18. The van der Waals surface area contributed by atoms with E-state index in [2.05, 4.69) is 22.8 Å². The Morgan fingerprint density at radius 1 is 1.16 bits per heavy atom. The summed E-state index contributed by atoms with van der Waals surface area (Å²) in [5.74, 6) is -0.523. The van der Waals surface area contributed by atoms with Crippen molar-refractivity contribution in [1.29, 1.82) is 0 Å². The smallest absolute Gasteiger partial charge is 0.337 e. The van der Waals surface area contributed by atoms with Crippen LogP contribution in [-0.2, 0) is 22.5 Å². The molecular formula is C19H21ClN2O3. The van der Waals surface area contributed by atoms with Crippen molar-refractivity contribution >= 4 is 30.0 Å². The number of halogens is 1. The van der Waals surface area contributed by atoms with Crippen molar-refractivity contribution in [2.45, 2.75) is 25.9 Å². The van der Waals surface area contributed by atoms with Crippen LogP contribution in [0.4, 0.5) is 5.69 Å². The molecule has 1 heterocycles. The molecule has 1 amide bonds. The minimum atomic E-state index is -0.421. The number of carbonyl (C=O) groups is 2. The van der Waals surface area contributed by atoms with E-state index in [0.29, 0.717) is 24.2 Å². The first-order valence-electron chi connectivity index (χ1n) is 7.88. The first kappa shape index (κ1) is 19.0. The van der Waals surface area contributed by atoms with Gasteiger partial charge in [-0.25, -0.2) is 4.79 Å². The van der Waals surface area contributed by atoms with Crippen LogP contribution in [0.25, 0.3) is 0 Å². The molecule has 1 aliphatic heterocycles. The minimum Gasteiger partial charge on any atom is -0.465 e. The van der Waals surface area contributed by atoms with Gasteiger partial charge in [0.2, 0.25) is 5.91 Å². The largest absolute Gasteiger partial charge is 0.465 e. The quantitative estimate of drug-likeness (QED) is 0.826. The van der Waals surface area contributed by atoms with Gasteiger partial charge in [0.25, 0.3) is 0 Å². The molecule has 6 heteroatoms. The zero-order valence-corrected chi connectivity index (χ0v) is 15.0. The maximum atomic E-state index is 12.6. The van der Waals surface area contributed by atoms with Crippen LogP contribution in [-0.4, -0.2) is 25.0 Å². The van der Waals surface area contributed by atoms with Gasteiger partial charge in [0.1, 0.15) is 0 Å². The van der Waals surface area contributed by atoms with Crippen molar-refractivity contribution in [3.8, 4) is 0 Å². The third kappa shape index (κ3) is 4.18. The lowest BCUT2D eigenvalue weighted by Gasteiger charge is -2.25. The molecule has 2 aromatic rings. The predicted molar refractivity (Wildman–Crippen MR) is 99.2 cm³/mol. The number of hydrogen-bond donors (Lipinski definition) is 2. The standard InChI is InChI=1S/C19H20N2O3.ClH/c1-12-7-8-14(19(23)24-2)10-16(12)21-18(22)17-9-13-5-3-4-6-15(13)11-20-17;/h3-8,10,17,20H,9,11H2,1-2H3,(H,21,22);1H. The molecule has 0 saturated carbocycles. The molecule has 0 bridgehead atoms. The maximum Gasteiger partial charge on any atom is 0.337 e. The van der Waals surface area contributed by atoms with Gasteiger partial charge in [0.05, 0.1) is 18.7 Å². The number of fused-ring (bicyclic) bond motifs is 1. The van der Waals surface area contributed by atoms with Crippen LogP contribution in [0.2, 0.25) is 0 Å². The third-order valence-corrected chi connectivity index (χ3v) is 4.31. The van der Waals surface area contributed by atoms with E-state index in [1.54, 1.807) is 18.2 Å². The van der Waals surface area contributed by atoms with E-state index in [4.69, 9.17) is 4.74 Å². The normalized spacial score (nSPS) is 15.5.